The van der Waals surface area contributed by atoms with Crippen LogP contribution in [0, 0.1) is 5.82 Å². The molecule has 2 aromatic rings. The highest BCUT2D eigenvalue weighted by atomic mass is 19.1. The van der Waals surface area contributed by atoms with E-state index in [0.717, 1.165) is 11.3 Å². The molecule has 31 heavy (non-hydrogen) atoms. The lowest BCUT2D eigenvalue weighted by atomic mass is 9.81. The first-order valence-electron chi connectivity index (χ1n) is 10.3. The van der Waals surface area contributed by atoms with Crippen molar-refractivity contribution in [3.8, 4) is 0 Å². The Morgan fingerprint density at radius 2 is 1.97 bits per heavy atom. The molecule has 162 valence electrons. The van der Waals surface area contributed by atoms with Gasteiger partial charge < -0.3 is 5.32 Å². The van der Waals surface area contributed by atoms with E-state index in [-0.39, 0.29) is 17.9 Å². The zero-order valence-electron chi connectivity index (χ0n) is 17.5. The van der Waals surface area contributed by atoms with E-state index in [9.17, 15) is 18.8 Å². The number of anilines is 2. The van der Waals surface area contributed by atoms with Crippen molar-refractivity contribution in [3.05, 3.63) is 59.9 Å². The molecular formula is C23H25FN4O3. The van der Waals surface area contributed by atoms with Crippen LogP contribution in [0.2, 0.25) is 0 Å². The molecule has 0 aliphatic carbocycles. The third kappa shape index (κ3) is 4.03. The maximum Gasteiger partial charge on any atom is 0.329 e. The molecule has 2 aliphatic heterocycles. The lowest BCUT2D eigenvalue weighted by molar-refractivity contribution is -0.125. The van der Waals surface area contributed by atoms with Crippen molar-refractivity contribution >= 4 is 29.2 Å². The van der Waals surface area contributed by atoms with Crippen LogP contribution >= 0.6 is 0 Å². The smallest absolute Gasteiger partial charge is 0.326 e. The number of amides is 4. The minimum atomic E-state index is -1.02. The van der Waals surface area contributed by atoms with E-state index in [1.54, 1.807) is 6.07 Å². The lowest BCUT2D eigenvalue weighted by Gasteiger charge is -2.45. The molecule has 0 saturated carbocycles. The number of likely N-dealkylation sites (tertiary alicyclic amines) is 1. The highest BCUT2D eigenvalue weighted by molar-refractivity contribution is 6.17. The molecule has 2 N–H and O–H groups in total. The number of nitrogens with one attached hydrogen (secondary N) is 2. The monoisotopic (exact) mass is 424 g/mol. The number of benzene rings is 2. The van der Waals surface area contributed by atoms with E-state index in [1.165, 1.54) is 30.0 Å². The van der Waals surface area contributed by atoms with Gasteiger partial charge in [0.05, 0.1) is 0 Å². The van der Waals surface area contributed by atoms with Crippen molar-refractivity contribution in [1.82, 2.24) is 10.2 Å². The number of hydrogen-bond acceptors (Lipinski definition) is 4. The molecule has 4 rings (SSSR count). The minimum Gasteiger partial charge on any atom is -0.326 e. The Hall–Kier alpha value is -3.26. The van der Waals surface area contributed by atoms with Crippen LogP contribution in [-0.4, -0.2) is 40.9 Å². The normalized spacial score (nSPS) is 23.8. The first-order valence-corrected chi connectivity index (χ1v) is 10.3. The number of carbonyl (C=O) groups excluding carboxylic acids is 3. The molecule has 2 fully saturated rings. The van der Waals surface area contributed by atoms with E-state index in [2.05, 4.69) is 15.5 Å². The zero-order chi connectivity index (χ0) is 22.2. The molecule has 4 amide bonds. The molecule has 8 heteroatoms. The third-order valence-electron chi connectivity index (χ3n) is 6.07. The molecule has 0 bridgehead atoms. The summed E-state index contributed by atoms with van der Waals surface area (Å²) in [6, 6.07) is 13.0. The molecule has 0 aromatic heterocycles. The summed E-state index contributed by atoms with van der Waals surface area (Å²) < 4.78 is 13.8. The Balaban J connectivity index is 1.51. The summed E-state index contributed by atoms with van der Waals surface area (Å²) in [7, 11) is 0. The SMILES string of the molecule is CC(=O)Nc1ccc(CN2CCC3(C[C@@H]2C)C(=O)NC(=O)N3c2cccc(F)c2)cc1. The Morgan fingerprint density at radius 3 is 2.61 bits per heavy atom. The first-order chi connectivity index (χ1) is 14.8. The van der Waals surface area contributed by atoms with E-state index in [4.69, 9.17) is 0 Å². The third-order valence-corrected chi connectivity index (χ3v) is 6.07. The van der Waals surface area contributed by atoms with Gasteiger partial charge in [0.15, 0.2) is 0 Å². The highest BCUT2D eigenvalue weighted by Crippen LogP contribution is 2.39. The van der Waals surface area contributed by atoms with Gasteiger partial charge in [-0.05, 0) is 55.7 Å². The van der Waals surface area contributed by atoms with Gasteiger partial charge in [-0.3, -0.25) is 24.7 Å². The van der Waals surface area contributed by atoms with Gasteiger partial charge in [0, 0.05) is 37.4 Å². The molecule has 0 radical (unpaired) electrons. The molecule has 2 saturated heterocycles. The van der Waals surface area contributed by atoms with E-state index in [1.807, 2.05) is 31.2 Å². The summed E-state index contributed by atoms with van der Waals surface area (Å²) in [6.07, 6.45) is 0.903. The molecular weight excluding hydrogens is 399 g/mol. The van der Waals surface area contributed by atoms with Gasteiger partial charge >= 0.3 is 6.03 Å². The Bertz CT molecular complexity index is 1030. The number of halogens is 1. The maximum absolute atomic E-state index is 13.8. The second-order valence-corrected chi connectivity index (χ2v) is 8.26. The quantitative estimate of drug-likeness (QED) is 0.739. The predicted molar refractivity (Wildman–Crippen MR) is 115 cm³/mol. The fraction of sp³-hybridized carbons (Fsp3) is 0.348. The number of carbonyl (C=O) groups is 3. The zero-order valence-corrected chi connectivity index (χ0v) is 17.5. The average Bonchev–Trinajstić information content (AvgIpc) is 2.94. The Labute approximate surface area is 180 Å². The van der Waals surface area contributed by atoms with Gasteiger partial charge in [-0.25, -0.2) is 9.18 Å². The van der Waals surface area contributed by atoms with Crippen LogP contribution in [0.25, 0.3) is 0 Å². The second-order valence-electron chi connectivity index (χ2n) is 8.26. The van der Waals surface area contributed by atoms with Crippen molar-refractivity contribution in [2.45, 2.75) is 44.8 Å². The van der Waals surface area contributed by atoms with Gasteiger partial charge in [-0.15, -0.1) is 0 Å². The largest absolute Gasteiger partial charge is 0.329 e. The number of hydrogen-bond donors (Lipinski definition) is 2. The van der Waals surface area contributed by atoms with Crippen LogP contribution in [0.15, 0.2) is 48.5 Å². The van der Waals surface area contributed by atoms with E-state index < -0.39 is 17.4 Å². The number of nitrogens with zero attached hydrogens (tertiary/aromatic N) is 2. The molecule has 2 atom stereocenters. The van der Waals surface area contributed by atoms with Crippen molar-refractivity contribution in [2.24, 2.45) is 0 Å². The summed E-state index contributed by atoms with van der Waals surface area (Å²) in [5.41, 5.74) is 1.20. The van der Waals surface area contributed by atoms with Crippen molar-refractivity contribution < 1.29 is 18.8 Å². The number of imide groups is 1. The van der Waals surface area contributed by atoms with Crippen LogP contribution < -0.4 is 15.5 Å². The van der Waals surface area contributed by atoms with Gasteiger partial charge in [0.25, 0.3) is 5.91 Å². The predicted octanol–water partition coefficient (Wildman–Crippen LogP) is 3.26. The van der Waals surface area contributed by atoms with Crippen LogP contribution in [0.1, 0.15) is 32.3 Å². The summed E-state index contributed by atoms with van der Waals surface area (Å²) in [5, 5.41) is 5.17. The molecule has 1 unspecified atom stereocenters. The van der Waals surface area contributed by atoms with Crippen LogP contribution in [0.4, 0.5) is 20.6 Å². The van der Waals surface area contributed by atoms with Crippen molar-refractivity contribution in [1.29, 1.82) is 0 Å². The lowest BCUT2D eigenvalue weighted by Crippen LogP contribution is -2.59. The fourth-order valence-corrected chi connectivity index (χ4v) is 4.59. The molecule has 2 aliphatic rings. The number of rotatable bonds is 4. The minimum absolute atomic E-state index is 0.0245. The van der Waals surface area contributed by atoms with Gasteiger partial charge in [-0.2, -0.15) is 0 Å². The molecule has 7 nitrogen and oxygen atoms in total. The second kappa shape index (κ2) is 8.11. The van der Waals surface area contributed by atoms with Gasteiger partial charge in [0.1, 0.15) is 11.4 Å². The van der Waals surface area contributed by atoms with E-state index in [0.29, 0.717) is 31.6 Å². The Kier molecular flexibility index (Phi) is 5.49. The van der Waals surface area contributed by atoms with Crippen molar-refractivity contribution in [2.75, 3.05) is 16.8 Å². The van der Waals surface area contributed by atoms with Crippen LogP contribution in [-0.2, 0) is 16.1 Å². The van der Waals surface area contributed by atoms with Crippen LogP contribution in [0.3, 0.4) is 0 Å². The summed E-state index contributed by atoms with van der Waals surface area (Å²) >= 11 is 0. The molecule has 2 heterocycles. The number of piperidine rings is 1. The summed E-state index contributed by atoms with van der Waals surface area (Å²) in [4.78, 5) is 40.3. The highest BCUT2D eigenvalue weighted by Gasteiger charge is 2.56. The fourth-order valence-electron chi connectivity index (χ4n) is 4.59. The van der Waals surface area contributed by atoms with Crippen molar-refractivity contribution in [3.63, 3.8) is 0 Å². The van der Waals surface area contributed by atoms with Gasteiger partial charge in [0.2, 0.25) is 5.91 Å². The standard InChI is InChI=1S/C23H25FN4O3/c1-15-13-23(21(30)26-22(31)28(23)20-5-3-4-18(24)12-20)10-11-27(15)14-17-6-8-19(9-7-17)25-16(2)29/h3-9,12,15H,10-11,13-14H2,1-2H3,(H,25,29)(H,26,30,31)/t15-,23?/m0/s1. The van der Waals surface area contributed by atoms with Crippen LogP contribution in [0.5, 0.6) is 0 Å². The molecule has 1 spiro atoms. The van der Waals surface area contributed by atoms with Gasteiger partial charge in [-0.1, -0.05) is 18.2 Å². The summed E-state index contributed by atoms with van der Waals surface area (Å²) in [6.45, 7) is 4.80. The Morgan fingerprint density at radius 1 is 1.23 bits per heavy atom. The van der Waals surface area contributed by atoms with E-state index >= 15 is 0 Å². The maximum atomic E-state index is 13.8. The average molecular weight is 424 g/mol. The topological polar surface area (TPSA) is 81.8 Å². The molecule has 2 aromatic carbocycles. The summed E-state index contributed by atoms with van der Waals surface area (Å²) in [5.74, 6) is -0.893. The first kappa shape index (κ1) is 21.0. The number of urea groups is 1.